The molecule has 4 nitrogen and oxygen atoms in total. The molecule has 1 saturated carbocycles. The Labute approximate surface area is 164 Å². The van der Waals surface area contributed by atoms with Crippen molar-refractivity contribution in [3.8, 4) is 0 Å². The Morgan fingerprint density at radius 1 is 1.04 bits per heavy atom. The molecule has 0 unspecified atom stereocenters. The summed E-state index contributed by atoms with van der Waals surface area (Å²) in [4.78, 5) is 20.0. The van der Waals surface area contributed by atoms with Gasteiger partial charge in [0, 0.05) is 18.1 Å². The maximum absolute atomic E-state index is 13.6. The molecule has 1 spiro atoms. The Bertz CT molecular complexity index is 1100. The maximum atomic E-state index is 13.6. The highest BCUT2D eigenvalue weighted by Gasteiger charge is 2.56. The van der Waals surface area contributed by atoms with Gasteiger partial charge in [-0.2, -0.15) is 0 Å². The van der Waals surface area contributed by atoms with Gasteiger partial charge in [0.2, 0.25) is 5.91 Å². The molecule has 28 heavy (non-hydrogen) atoms. The van der Waals surface area contributed by atoms with Crippen LogP contribution in [0.4, 0.5) is 0 Å². The smallest absolute Gasteiger partial charge is 0.233 e. The summed E-state index contributed by atoms with van der Waals surface area (Å²) in [5.74, 6) is 0.264. The van der Waals surface area contributed by atoms with E-state index in [1.807, 2.05) is 23.2 Å². The number of likely N-dealkylation sites (tertiary alicyclic amines) is 1. The Morgan fingerprint density at radius 3 is 2.82 bits per heavy atom. The molecule has 3 heterocycles. The molecule has 1 aromatic heterocycles. The first-order chi connectivity index (χ1) is 13.7. The fraction of sp³-hybridized carbons (Fsp3) is 0.333. The first-order valence-electron chi connectivity index (χ1n) is 10.1. The largest absolute Gasteiger partial charge is 0.364 e. The number of pyridine rings is 1. The number of hydrogen-bond donors (Lipinski definition) is 0. The molecular formula is C24H22N2O2. The minimum Gasteiger partial charge on any atom is -0.364 e. The normalized spacial score (nSPS) is 24.6. The quantitative estimate of drug-likeness (QED) is 0.687. The second-order valence-electron chi connectivity index (χ2n) is 8.41. The predicted molar refractivity (Wildman–Crippen MR) is 107 cm³/mol. The highest BCUT2D eigenvalue weighted by molar-refractivity contribution is 5.93. The molecule has 3 aliphatic rings. The summed E-state index contributed by atoms with van der Waals surface area (Å²) in [7, 11) is 0. The Kier molecular flexibility index (Phi) is 3.28. The fourth-order valence-electron chi connectivity index (χ4n) is 5.10. The van der Waals surface area contributed by atoms with E-state index < -0.39 is 0 Å². The van der Waals surface area contributed by atoms with Gasteiger partial charge >= 0.3 is 0 Å². The Balaban J connectivity index is 1.30. The van der Waals surface area contributed by atoms with Gasteiger partial charge in [-0.05, 0) is 54.2 Å². The van der Waals surface area contributed by atoms with Crippen LogP contribution in [0.25, 0.3) is 10.9 Å². The van der Waals surface area contributed by atoms with Crippen molar-refractivity contribution in [2.24, 2.45) is 0 Å². The Hall–Kier alpha value is -2.72. The highest BCUT2D eigenvalue weighted by Crippen LogP contribution is 2.52. The van der Waals surface area contributed by atoms with Crippen LogP contribution in [0.1, 0.15) is 36.0 Å². The molecule has 1 atom stereocenters. The van der Waals surface area contributed by atoms with E-state index in [4.69, 9.17) is 4.74 Å². The van der Waals surface area contributed by atoms with Crippen LogP contribution in [0.5, 0.6) is 0 Å². The van der Waals surface area contributed by atoms with E-state index in [0.717, 1.165) is 42.3 Å². The average molecular weight is 370 g/mol. The summed E-state index contributed by atoms with van der Waals surface area (Å²) in [5, 5.41) is 1.10. The number of benzene rings is 2. The minimum atomic E-state index is -0.353. The van der Waals surface area contributed by atoms with Crippen molar-refractivity contribution in [3.05, 3.63) is 77.5 Å². The summed E-state index contributed by atoms with van der Waals surface area (Å²) >= 11 is 0. The molecule has 0 radical (unpaired) electrons. The van der Waals surface area contributed by atoms with Gasteiger partial charge in [0.05, 0.1) is 24.1 Å². The van der Waals surface area contributed by atoms with Crippen LogP contribution in [-0.2, 0) is 27.2 Å². The second-order valence-corrected chi connectivity index (χ2v) is 8.41. The Morgan fingerprint density at radius 2 is 1.93 bits per heavy atom. The van der Waals surface area contributed by atoms with Gasteiger partial charge in [0.15, 0.2) is 0 Å². The lowest BCUT2D eigenvalue weighted by molar-refractivity contribution is -0.134. The predicted octanol–water partition coefficient (Wildman–Crippen LogP) is 3.92. The van der Waals surface area contributed by atoms with Crippen molar-refractivity contribution >= 4 is 16.8 Å². The van der Waals surface area contributed by atoms with Crippen molar-refractivity contribution < 1.29 is 9.53 Å². The second kappa shape index (κ2) is 5.65. The van der Waals surface area contributed by atoms with Crippen molar-refractivity contribution in [2.75, 3.05) is 13.1 Å². The molecule has 3 aromatic rings. The highest BCUT2D eigenvalue weighted by atomic mass is 16.5. The lowest BCUT2D eigenvalue weighted by Crippen LogP contribution is -2.40. The zero-order valence-corrected chi connectivity index (χ0v) is 15.7. The molecule has 2 aliphatic heterocycles. The van der Waals surface area contributed by atoms with Crippen LogP contribution in [-0.4, -0.2) is 28.9 Å². The molecule has 1 saturated heterocycles. The number of hydrogen-bond acceptors (Lipinski definition) is 3. The van der Waals surface area contributed by atoms with Crippen LogP contribution in [0, 0.1) is 0 Å². The van der Waals surface area contributed by atoms with Gasteiger partial charge in [-0.25, -0.2) is 0 Å². The topological polar surface area (TPSA) is 42.4 Å². The van der Waals surface area contributed by atoms with E-state index in [-0.39, 0.29) is 16.9 Å². The molecule has 0 bridgehead atoms. The number of nitrogens with zero attached hydrogens (tertiary/aromatic N) is 2. The van der Waals surface area contributed by atoms with E-state index in [9.17, 15) is 4.79 Å². The zero-order chi connectivity index (χ0) is 18.8. The third-order valence-electron chi connectivity index (χ3n) is 6.85. The van der Waals surface area contributed by atoms with Gasteiger partial charge in [-0.3, -0.25) is 9.78 Å². The molecule has 2 fully saturated rings. The molecule has 6 rings (SSSR count). The fourth-order valence-corrected chi connectivity index (χ4v) is 5.10. The van der Waals surface area contributed by atoms with Crippen LogP contribution in [0.3, 0.4) is 0 Å². The van der Waals surface area contributed by atoms with Crippen molar-refractivity contribution in [1.82, 2.24) is 9.88 Å². The molecule has 0 N–H and O–H groups in total. The van der Waals surface area contributed by atoms with E-state index in [0.29, 0.717) is 13.2 Å². The summed E-state index contributed by atoms with van der Waals surface area (Å²) in [5.41, 5.74) is 3.98. The van der Waals surface area contributed by atoms with Crippen LogP contribution in [0.2, 0.25) is 0 Å². The summed E-state index contributed by atoms with van der Waals surface area (Å²) < 4.78 is 6.25. The van der Waals surface area contributed by atoms with E-state index in [2.05, 4.69) is 47.4 Å². The minimum absolute atomic E-state index is 0.264. The van der Waals surface area contributed by atoms with Crippen LogP contribution >= 0.6 is 0 Å². The molecule has 4 heteroatoms. The first kappa shape index (κ1) is 16.3. The first-order valence-corrected chi connectivity index (χ1v) is 10.1. The number of aromatic nitrogens is 1. The summed E-state index contributed by atoms with van der Waals surface area (Å²) in [6, 6.07) is 18.7. The molecule has 1 aliphatic carbocycles. The average Bonchev–Trinajstić information content (AvgIpc) is 3.33. The van der Waals surface area contributed by atoms with Gasteiger partial charge < -0.3 is 9.64 Å². The molecule has 1 amide bonds. The summed E-state index contributed by atoms with van der Waals surface area (Å²) in [6.45, 7) is 2.09. The van der Waals surface area contributed by atoms with Gasteiger partial charge in [-0.1, -0.05) is 36.4 Å². The third kappa shape index (κ3) is 2.21. The number of carbonyl (C=O) groups excluding carboxylic acids is 1. The zero-order valence-electron chi connectivity index (χ0n) is 15.7. The molecule has 2 aromatic carbocycles. The standard InChI is InChI=1S/C24H22N2O2/c27-22(23(9-10-23)19-7-8-21-17(14-19)5-3-12-25-21)26-13-11-24(16-26)20-6-2-1-4-18(20)15-28-24/h1-8,12,14H,9-11,13,15-16H2/t24-/m0/s1. The maximum Gasteiger partial charge on any atom is 0.233 e. The van der Waals surface area contributed by atoms with Gasteiger partial charge in [0.25, 0.3) is 0 Å². The summed E-state index contributed by atoms with van der Waals surface area (Å²) in [6.07, 6.45) is 4.55. The van der Waals surface area contributed by atoms with E-state index in [1.54, 1.807) is 0 Å². The number of amides is 1. The van der Waals surface area contributed by atoms with Crippen LogP contribution in [0.15, 0.2) is 60.8 Å². The molecule has 140 valence electrons. The van der Waals surface area contributed by atoms with E-state index in [1.165, 1.54) is 11.1 Å². The van der Waals surface area contributed by atoms with Gasteiger partial charge in [0.1, 0.15) is 5.60 Å². The third-order valence-corrected chi connectivity index (χ3v) is 6.85. The van der Waals surface area contributed by atoms with Crippen molar-refractivity contribution in [1.29, 1.82) is 0 Å². The number of fused-ring (bicyclic) bond motifs is 3. The van der Waals surface area contributed by atoms with Crippen molar-refractivity contribution in [3.63, 3.8) is 0 Å². The van der Waals surface area contributed by atoms with E-state index >= 15 is 0 Å². The number of carbonyl (C=O) groups is 1. The number of rotatable bonds is 2. The molecular weight excluding hydrogens is 348 g/mol. The lowest BCUT2D eigenvalue weighted by atomic mass is 9.91. The monoisotopic (exact) mass is 370 g/mol. The number of ether oxygens (including phenoxy) is 1. The lowest BCUT2D eigenvalue weighted by Gasteiger charge is -2.27. The SMILES string of the molecule is O=C(N1CC[C@@]2(C1)OCc1ccccc12)C1(c2ccc3ncccc3c2)CC1. The van der Waals surface area contributed by atoms with Gasteiger partial charge in [-0.15, -0.1) is 0 Å². The van der Waals surface area contributed by atoms with Crippen LogP contribution < -0.4 is 0 Å². The van der Waals surface area contributed by atoms with Crippen molar-refractivity contribution in [2.45, 2.75) is 36.9 Å².